The van der Waals surface area contributed by atoms with E-state index in [0.717, 1.165) is 26.2 Å². The molecule has 1 aliphatic rings. The van der Waals surface area contributed by atoms with E-state index in [4.69, 9.17) is 0 Å². The first-order valence-corrected chi connectivity index (χ1v) is 10.1. The molecule has 4 nitrogen and oxygen atoms in total. The first-order chi connectivity index (χ1) is 13.5. The van der Waals surface area contributed by atoms with E-state index in [-0.39, 0.29) is 18.1 Å². The van der Waals surface area contributed by atoms with Crippen molar-refractivity contribution in [1.82, 2.24) is 4.90 Å². The number of piperazine rings is 1. The number of carbonyl (C=O) groups is 1. The number of rotatable bonds is 6. The Morgan fingerprint density at radius 1 is 1.04 bits per heavy atom. The van der Waals surface area contributed by atoms with Gasteiger partial charge in [-0.15, -0.1) is 0 Å². The van der Waals surface area contributed by atoms with Gasteiger partial charge in [-0.3, -0.25) is 4.79 Å². The van der Waals surface area contributed by atoms with Crippen LogP contribution in [0.25, 0.3) is 0 Å². The number of carbonyl (C=O) groups excluding carboxylic acids is 1. The first kappa shape index (κ1) is 20.2. The normalized spacial score (nSPS) is 14.3. The number of hydrogen-bond acceptors (Lipinski definition) is 3. The van der Waals surface area contributed by atoms with Gasteiger partial charge in [-0.05, 0) is 56.2 Å². The molecular formula is C23H30FN3O. The fraction of sp³-hybridized carbons (Fsp3) is 0.435. The highest BCUT2D eigenvalue weighted by Gasteiger charge is 2.23. The second-order valence-electron chi connectivity index (χ2n) is 7.28. The molecule has 0 aliphatic carbocycles. The van der Waals surface area contributed by atoms with E-state index in [0.29, 0.717) is 18.7 Å². The Balaban J connectivity index is 1.60. The number of benzene rings is 2. The number of halogens is 1. The van der Waals surface area contributed by atoms with Crippen molar-refractivity contribution in [3.63, 3.8) is 0 Å². The molecule has 1 heterocycles. The van der Waals surface area contributed by atoms with Gasteiger partial charge >= 0.3 is 0 Å². The number of nitrogens with zero attached hydrogens (tertiary/aromatic N) is 3. The topological polar surface area (TPSA) is 26.8 Å². The van der Waals surface area contributed by atoms with Crippen LogP contribution in [0.4, 0.5) is 15.8 Å². The van der Waals surface area contributed by atoms with Crippen LogP contribution in [0.2, 0.25) is 0 Å². The maximum atomic E-state index is 13.8. The van der Waals surface area contributed by atoms with Gasteiger partial charge in [-0.25, -0.2) is 4.39 Å². The summed E-state index contributed by atoms with van der Waals surface area (Å²) in [7, 11) is 0. The molecule has 1 fully saturated rings. The van der Waals surface area contributed by atoms with Crippen LogP contribution >= 0.6 is 0 Å². The molecule has 1 amide bonds. The Morgan fingerprint density at radius 3 is 2.32 bits per heavy atom. The highest BCUT2D eigenvalue weighted by Crippen LogP contribution is 2.26. The molecule has 3 rings (SSSR count). The largest absolute Gasteiger partial charge is 0.372 e. The van der Waals surface area contributed by atoms with Crippen molar-refractivity contribution in [3.05, 3.63) is 59.4 Å². The molecule has 0 radical (unpaired) electrons. The molecule has 0 saturated carbocycles. The van der Waals surface area contributed by atoms with Crippen LogP contribution in [0.3, 0.4) is 0 Å². The quantitative estimate of drug-likeness (QED) is 0.758. The highest BCUT2D eigenvalue weighted by molar-refractivity contribution is 5.79. The monoisotopic (exact) mass is 383 g/mol. The summed E-state index contributed by atoms with van der Waals surface area (Å²) in [6.45, 7) is 11.4. The van der Waals surface area contributed by atoms with E-state index in [2.05, 4.69) is 48.8 Å². The van der Waals surface area contributed by atoms with Crippen molar-refractivity contribution >= 4 is 17.3 Å². The zero-order chi connectivity index (χ0) is 20.1. The zero-order valence-corrected chi connectivity index (χ0v) is 17.1. The van der Waals surface area contributed by atoms with E-state index in [1.54, 1.807) is 18.2 Å². The van der Waals surface area contributed by atoms with Crippen LogP contribution in [-0.2, 0) is 11.2 Å². The summed E-state index contributed by atoms with van der Waals surface area (Å²) in [5.74, 6) is -0.309. The molecule has 0 aromatic heterocycles. The van der Waals surface area contributed by atoms with Crippen LogP contribution in [0, 0.1) is 12.7 Å². The zero-order valence-electron chi connectivity index (χ0n) is 17.1. The Labute approximate surface area is 167 Å². The Morgan fingerprint density at radius 2 is 1.71 bits per heavy atom. The second kappa shape index (κ2) is 9.09. The lowest BCUT2D eigenvalue weighted by Crippen LogP contribution is -2.49. The van der Waals surface area contributed by atoms with Gasteiger partial charge in [-0.1, -0.05) is 18.2 Å². The van der Waals surface area contributed by atoms with Crippen LogP contribution in [0.5, 0.6) is 0 Å². The van der Waals surface area contributed by atoms with Crippen LogP contribution in [0.1, 0.15) is 25.0 Å². The average Bonchev–Trinajstić information content (AvgIpc) is 2.71. The lowest BCUT2D eigenvalue weighted by Gasteiger charge is -2.37. The van der Waals surface area contributed by atoms with Gasteiger partial charge in [0.1, 0.15) is 5.82 Å². The molecule has 28 heavy (non-hydrogen) atoms. The van der Waals surface area contributed by atoms with Gasteiger partial charge in [0.05, 0.1) is 6.42 Å². The van der Waals surface area contributed by atoms with Crippen molar-refractivity contribution in [2.45, 2.75) is 27.2 Å². The van der Waals surface area contributed by atoms with E-state index in [1.807, 2.05) is 4.90 Å². The lowest BCUT2D eigenvalue weighted by atomic mass is 10.1. The van der Waals surface area contributed by atoms with Gasteiger partial charge in [-0.2, -0.15) is 0 Å². The summed E-state index contributed by atoms with van der Waals surface area (Å²) in [6.07, 6.45) is 0.129. The van der Waals surface area contributed by atoms with Gasteiger partial charge in [0.15, 0.2) is 0 Å². The van der Waals surface area contributed by atoms with E-state index in [9.17, 15) is 9.18 Å². The summed E-state index contributed by atoms with van der Waals surface area (Å²) < 4.78 is 13.8. The third-order valence-electron chi connectivity index (χ3n) is 5.58. The van der Waals surface area contributed by atoms with Gasteiger partial charge < -0.3 is 14.7 Å². The predicted molar refractivity (Wildman–Crippen MR) is 114 cm³/mol. The van der Waals surface area contributed by atoms with E-state index in [1.165, 1.54) is 23.0 Å². The third kappa shape index (κ3) is 4.46. The fourth-order valence-corrected chi connectivity index (χ4v) is 3.89. The van der Waals surface area contributed by atoms with Crippen molar-refractivity contribution < 1.29 is 9.18 Å². The summed E-state index contributed by atoms with van der Waals surface area (Å²) in [4.78, 5) is 19.1. The summed E-state index contributed by atoms with van der Waals surface area (Å²) in [5.41, 5.74) is 4.22. The van der Waals surface area contributed by atoms with Gasteiger partial charge in [0, 0.05) is 50.6 Å². The van der Waals surface area contributed by atoms with Gasteiger partial charge in [0.25, 0.3) is 0 Å². The van der Waals surface area contributed by atoms with Gasteiger partial charge in [0.2, 0.25) is 5.91 Å². The third-order valence-corrected chi connectivity index (χ3v) is 5.58. The second-order valence-corrected chi connectivity index (χ2v) is 7.28. The molecule has 2 aromatic rings. The number of hydrogen-bond donors (Lipinski definition) is 0. The van der Waals surface area contributed by atoms with Crippen molar-refractivity contribution in [2.75, 3.05) is 49.1 Å². The standard InChI is InChI=1S/C23H30FN3O/c1-4-25(5-2)20-10-11-22(18(3)16-20)26-12-14-27(15-13-26)23(28)17-19-8-6-7-9-21(19)24/h6-11,16H,4-5,12-15,17H2,1-3H3. The van der Waals surface area contributed by atoms with Crippen LogP contribution in [0.15, 0.2) is 42.5 Å². The highest BCUT2D eigenvalue weighted by atomic mass is 19.1. The molecule has 2 aromatic carbocycles. The maximum Gasteiger partial charge on any atom is 0.227 e. The fourth-order valence-electron chi connectivity index (χ4n) is 3.89. The number of aryl methyl sites for hydroxylation is 1. The van der Waals surface area contributed by atoms with E-state index >= 15 is 0 Å². The molecule has 5 heteroatoms. The van der Waals surface area contributed by atoms with E-state index < -0.39 is 0 Å². The summed E-state index contributed by atoms with van der Waals surface area (Å²) in [6, 6.07) is 13.1. The first-order valence-electron chi connectivity index (χ1n) is 10.1. The Bertz CT molecular complexity index is 811. The average molecular weight is 384 g/mol. The Kier molecular flexibility index (Phi) is 6.55. The molecule has 0 atom stereocenters. The molecule has 150 valence electrons. The van der Waals surface area contributed by atoms with Crippen molar-refractivity contribution in [1.29, 1.82) is 0 Å². The molecule has 1 saturated heterocycles. The smallest absolute Gasteiger partial charge is 0.227 e. The molecule has 0 bridgehead atoms. The minimum atomic E-state index is -0.307. The summed E-state index contributed by atoms with van der Waals surface area (Å²) in [5, 5.41) is 0. The van der Waals surface area contributed by atoms with Crippen LogP contribution < -0.4 is 9.80 Å². The molecule has 0 spiro atoms. The molecule has 1 aliphatic heterocycles. The number of anilines is 2. The maximum absolute atomic E-state index is 13.8. The summed E-state index contributed by atoms with van der Waals surface area (Å²) >= 11 is 0. The predicted octanol–water partition coefficient (Wildman–Crippen LogP) is 3.87. The Hall–Kier alpha value is -2.56. The minimum Gasteiger partial charge on any atom is -0.372 e. The SMILES string of the molecule is CCN(CC)c1ccc(N2CCN(C(=O)Cc3ccccc3F)CC2)c(C)c1. The minimum absolute atomic E-state index is 0.00152. The molecule has 0 unspecified atom stereocenters. The number of amides is 1. The van der Waals surface area contributed by atoms with Crippen molar-refractivity contribution in [3.8, 4) is 0 Å². The molecular weight excluding hydrogens is 353 g/mol. The van der Waals surface area contributed by atoms with Crippen LogP contribution in [-0.4, -0.2) is 50.1 Å². The lowest BCUT2D eigenvalue weighted by molar-refractivity contribution is -0.130. The molecule has 0 N–H and O–H groups in total. The van der Waals surface area contributed by atoms with Crippen molar-refractivity contribution in [2.24, 2.45) is 0 Å².